The Hall–Kier alpha value is -3.93. The smallest absolute Gasteiger partial charge is 0.273 e. The van der Waals surface area contributed by atoms with Gasteiger partial charge in [-0.3, -0.25) is 9.69 Å². The van der Waals surface area contributed by atoms with Crippen molar-refractivity contribution in [3.05, 3.63) is 48.4 Å². The third-order valence-electron chi connectivity index (χ3n) is 5.87. The number of carbonyl (C=O) groups is 1. The summed E-state index contributed by atoms with van der Waals surface area (Å²) in [5, 5.41) is 2.67. The Kier molecular flexibility index (Phi) is 5.24. The molecule has 176 valence electrons. The first-order valence-electron chi connectivity index (χ1n) is 10.6. The Bertz CT molecular complexity index is 1370. The van der Waals surface area contributed by atoms with Gasteiger partial charge in [-0.2, -0.15) is 0 Å². The van der Waals surface area contributed by atoms with Crippen molar-refractivity contribution >= 4 is 17.4 Å². The van der Waals surface area contributed by atoms with E-state index in [4.69, 9.17) is 10.2 Å². The molecule has 5 rings (SSSR count). The maximum atomic E-state index is 13.7. The largest absolute Gasteiger partial charge is 0.443 e. The van der Waals surface area contributed by atoms with Crippen LogP contribution in [0.1, 0.15) is 22.6 Å². The van der Waals surface area contributed by atoms with Crippen molar-refractivity contribution in [2.24, 2.45) is 0 Å². The SMILES string of the molecule is Cc1cnc2ccc(-c3nc(C(=O)NC[C@H]4CC(F)(F)CN4C)c(N)nc3-c3ncco3)cn12. The lowest BCUT2D eigenvalue weighted by Crippen LogP contribution is -2.38. The first kappa shape index (κ1) is 21.9. The molecule has 0 saturated carbocycles. The van der Waals surface area contributed by atoms with E-state index in [0.717, 1.165) is 11.3 Å². The van der Waals surface area contributed by atoms with Gasteiger partial charge in [0, 0.05) is 42.7 Å². The fraction of sp³-hybridized carbons (Fsp3) is 0.318. The molecule has 10 nitrogen and oxygen atoms in total. The zero-order valence-electron chi connectivity index (χ0n) is 18.5. The number of aryl methyl sites for hydroxylation is 1. The highest BCUT2D eigenvalue weighted by Gasteiger charge is 2.43. The van der Waals surface area contributed by atoms with Crippen molar-refractivity contribution in [3.8, 4) is 22.8 Å². The lowest BCUT2D eigenvalue weighted by Gasteiger charge is -2.19. The minimum atomic E-state index is -2.78. The number of oxazole rings is 1. The number of rotatable bonds is 5. The predicted octanol–water partition coefficient (Wildman–Crippen LogP) is 2.41. The quantitative estimate of drug-likeness (QED) is 0.457. The maximum Gasteiger partial charge on any atom is 0.273 e. The van der Waals surface area contributed by atoms with Crippen LogP contribution in [0.2, 0.25) is 0 Å². The van der Waals surface area contributed by atoms with Crippen molar-refractivity contribution in [1.29, 1.82) is 0 Å². The van der Waals surface area contributed by atoms with Gasteiger partial charge < -0.3 is 19.9 Å². The number of hydrogen-bond acceptors (Lipinski definition) is 8. The molecule has 12 heteroatoms. The van der Waals surface area contributed by atoms with Crippen LogP contribution < -0.4 is 11.1 Å². The molecular formula is C22H22F2N8O2. The molecule has 34 heavy (non-hydrogen) atoms. The van der Waals surface area contributed by atoms with Crippen molar-refractivity contribution in [2.45, 2.75) is 25.3 Å². The minimum Gasteiger partial charge on any atom is -0.443 e. The Morgan fingerprint density at radius 3 is 2.82 bits per heavy atom. The molecule has 1 aliphatic heterocycles. The number of carbonyl (C=O) groups excluding carboxylic acids is 1. The summed E-state index contributed by atoms with van der Waals surface area (Å²) in [7, 11) is 1.60. The Labute approximate surface area is 192 Å². The van der Waals surface area contributed by atoms with Crippen LogP contribution in [0.3, 0.4) is 0 Å². The maximum absolute atomic E-state index is 13.7. The summed E-state index contributed by atoms with van der Waals surface area (Å²) in [5.41, 5.74) is 8.87. The summed E-state index contributed by atoms with van der Waals surface area (Å²) in [4.78, 5) is 31.8. The van der Waals surface area contributed by atoms with Crippen LogP contribution in [0.25, 0.3) is 28.5 Å². The summed E-state index contributed by atoms with van der Waals surface area (Å²) >= 11 is 0. The van der Waals surface area contributed by atoms with E-state index in [1.165, 1.54) is 17.4 Å². The Morgan fingerprint density at radius 2 is 2.12 bits per heavy atom. The number of nitrogen functional groups attached to an aromatic ring is 1. The molecular weight excluding hydrogens is 446 g/mol. The molecule has 0 aromatic carbocycles. The average Bonchev–Trinajstić information content (AvgIpc) is 3.51. The van der Waals surface area contributed by atoms with E-state index < -0.39 is 17.9 Å². The number of anilines is 1. The van der Waals surface area contributed by atoms with Crippen LogP contribution in [0.15, 0.2) is 41.4 Å². The number of nitrogens with zero attached hydrogens (tertiary/aromatic N) is 6. The number of likely N-dealkylation sites (tertiary alicyclic amines) is 1. The topological polar surface area (TPSA) is 127 Å². The normalized spacial score (nSPS) is 17.9. The van der Waals surface area contributed by atoms with Crippen LogP contribution in [-0.2, 0) is 0 Å². The lowest BCUT2D eigenvalue weighted by molar-refractivity contribution is 0.0140. The van der Waals surface area contributed by atoms with Gasteiger partial charge >= 0.3 is 0 Å². The van der Waals surface area contributed by atoms with Crippen LogP contribution in [0.4, 0.5) is 14.6 Å². The van der Waals surface area contributed by atoms with Gasteiger partial charge in [-0.1, -0.05) is 0 Å². The van der Waals surface area contributed by atoms with Crippen LogP contribution in [-0.4, -0.2) is 67.2 Å². The second-order valence-corrected chi connectivity index (χ2v) is 8.38. The van der Waals surface area contributed by atoms with E-state index in [1.54, 1.807) is 19.3 Å². The van der Waals surface area contributed by atoms with Gasteiger partial charge in [-0.25, -0.2) is 28.7 Å². The van der Waals surface area contributed by atoms with Gasteiger partial charge in [0.05, 0.1) is 12.7 Å². The molecule has 1 fully saturated rings. The third kappa shape index (κ3) is 3.96. The number of aromatic nitrogens is 5. The number of alkyl halides is 2. The standard InChI is InChI=1S/C22H22F2N8O2/c1-12-8-27-15-4-3-13(10-32(12)15)16-17(21-26-5-6-34-21)30-19(25)18(29-16)20(33)28-9-14-7-22(23,24)11-31(14)2/h3-6,8,10,14H,7,9,11H2,1-2H3,(H2,25,30)(H,28,33)/t14-/m1/s1. The van der Waals surface area contributed by atoms with Crippen molar-refractivity contribution in [2.75, 3.05) is 25.9 Å². The molecule has 3 N–H and O–H groups in total. The molecule has 0 spiro atoms. The highest BCUT2D eigenvalue weighted by Crippen LogP contribution is 2.32. The lowest BCUT2D eigenvalue weighted by atomic mass is 10.1. The summed E-state index contributed by atoms with van der Waals surface area (Å²) in [6.07, 6.45) is 6.10. The molecule has 0 unspecified atom stereocenters. The van der Waals surface area contributed by atoms with Crippen LogP contribution in [0.5, 0.6) is 0 Å². The fourth-order valence-corrected chi connectivity index (χ4v) is 4.13. The zero-order valence-corrected chi connectivity index (χ0v) is 18.5. The van der Waals surface area contributed by atoms with Crippen LogP contribution in [0, 0.1) is 6.92 Å². The molecule has 1 saturated heterocycles. The zero-order chi connectivity index (χ0) is 24.0. The molecule has 5 heterocycles. The molecule has 1 atom stereocenters. The van der Waals surface area contributed by atoms with Gasteiger partial charge in [-0.05, 0) is 26.1 Å². The first-order valence-corrected chi connectivity index (χ1v) is 10.6. The Balaban J connectivity index is 1.51. The molecule has 1 aliphatic rings. The van der Waals surface area contributed by atoms with E-state index in [1.807, 2.05) is 23.6 Å². The Morgan fingerprint density at radius 1 is 1.29 bits per heavy atom. The van der Waals surface area contributed by atoms with Crippen molar-refractivity contribution in [1.82, 2.24) is 34.6 Å². The van der Waals surface area contributed by atoms with E-state index in [0.29, 0.717) is 11.3 Å². The summed E-state index contributed by atoms with van der Waals surface area (Å²) in [5.74, 6) is -3.32. The summed E-state index contributed by atoms with van der Waals surface area (Å²) < 4.78 is 34.6. The van der Waals surface area contributed by atoms with E-state index >= 15 is 0 Å². The van der Waals surface area contributed by atoms with E-state index in [2.05, 4.69) is 25.3 Å². The summed E-state index contributed by atoms with van der Waals surface area (Å²) in [6, 6.07) is 3.12. The second-order valence-electron chi connectivity index (χ2n) is 8.38. The van der Waals surface area contributed by atoms with E-state index in [9.17, 15) is 13.6 Å². The number of pyridine rings is 1. The number of likely N-dealkylation sites (N-methyl/N-ethyl adjacent to an activating group) is 1. The minimum absolute atomic E-state index is 0.0308. The molecule has 4 aromatic heterocycles. The van der Waals surface area contributed by atoms with Gasteiger partial charge in [0.25, 0.3) is 11.8 Å². The van der Waals surface area contributed by atoms with E-state index in [-0.39, 0.29) is 42.6 Å². The van der Waals surface area contributed by atoms with Crippen molar-refractivity contribution in [3.63, 3.8) is 0 Å². The fourth-order valence-electron chi connectivity index (χ4n) is 4.13. The number of nitrogens with one attached hydrogen (secondary N) is 1. The number of halogens is 2. The van der Waals surface area contributed by atoms with Gasteiger partial charge in [-0.15, -0.1) is 0 Å². The van der Waals surface area contributed by atoms with Crippen LogP contribution >= 0.6 is 0 Å². The highest BCUT2D eigenvalue weighted by atomic mass is 19.3. The third-order valence-corrected chi connectivity index (χ3v) is 5.87. The molecule has 4 aromatic rings. The molecule has 0 bridgehead atoms. The first-order chi connectivity index (χ1) is 16.2. The second kappa shape index (κ2) is 8.13. The summed E-state index contributed by atoms with van der Waals surface area (Å²) in [6.45, 7) is 1.60. The number of nitrogens with two attached hydrogens (primary N) is 1. The highest BCUT2D eigenvalue weighted by molar-refractivity contribution is 5.97. The monoisotopic (exact) mass is 468 g/mol. The number of hydrogen-bond donors (Lipinski definition) is 2. The number of fused-ring (bicyclic) bond motifs is 1. The molecule has 0 radical (unpaired) electrons. The predicted molar refractivity (Wildman–Crippen MR) is 119 cm³/mol. The number of amides is 1. The van der Waals surface area contributed by atoms with Gasteiger partial charge in [0.1, 0.15) is 17.6 Å². The van der Waals surface area contributed by atoms with Gasteiger partial charge in [0.15, 0.2) is 17.2 Å². The average molecular weight is 468 g/mol. The molecule has 0 aliphatic carbocycles. The van der Waals surface area contributed by atoms with Crippen molar-refractivity contribution < 1.29 is 18.0 Å². The molecule has 1 amide bonds. The number of imidazole rings is 1. The van der Waals surface area contributed by atoms with Gasteiger partial charge in [0.2, 0.25) is 5.89 Å².